The van der Waals surface area contributed by atoms with Crippen LogP contribution < -0.4 is 11.1 Å². The molecule has 0 aliphatic rings. The lowest BCUT2D eigenvalue weighted by Crippen LogP contribution is -2.08. The Hall–Kier alpha value is -2.49. The van der Waals surface area contributed by atoms with Gasteiger partial charge in [-0.15, -0.1) is 0 Å². The summed E-state index contributed by atoms with van der Waals surface area (Å²) in [6.45, 7) is 5.32. The number of hydrogen-bond acceptors (Lipinski definition) is 3. The first kappa shape index (κ1) is 13.9. The molecule has 1 amide bonds. The van der Waals surface area contributed by atoms with Crippen molar-refractivity contribution in [3.8, 4) is 0 Å². The van der Waals surface area contributed by atoms with Crippen LogP contribution in [0.25, 0.3) is 11.2 Å². The van der Waals surface area contributed by atoms with Crippen molar-refractivity contribution in [1.29, 1.82) is 0 Å². The summed E-state index contributed by atoms with van der Waals surface area (Å²) in [5.74, 6) is -0.0758. The molecule has 0 saturated heterocycles. The molecule has 2 bridgehead atoms. The fraction of sp³-hybridized carbons (Fsp3) is 0.188. The van der Waals surface area contributed by atoms with Crippen LogP contribution in [-0.4, -0.2) is 5.91 Å². The summed E-state index contributed by atoms with van der Waals surface area (Å²) in [6.07, 6.45) is 0. The second-order valence-corrected chi connectivity index (χ2v) is 4.78. The highest BCUT2D eigenvalue weighted by molar-refractivity contribution is 5.90. The molecule has 0 spiro atoms. The van der Waals surface area contributed by atoms with Gasteiger partial charge in [0.15, 0.2) is 0 Å². The summed E-state index contributed by atoms with van der Waals surface area (Å²) in [5, 5.41) is 2.74. The largest absolute Gasteiger partial charge is 0.457 e. The van der Waals surface area contributed by atoms with E-state index in [2.05, 4.69) is 5.32 Å². The maximum atomic E-state index is 10.8. The van der Waals surface area contributed by atoms with Crippen LogP contribution in [0.4, 0.5) is 11.4 Å². The van der Waals surface area contributed by atoms with E-state index in [9.17, 15) is 4.79 Å². The third kappa shape index (κ3) is 3.29. The molecule has 3 rings (SSSR count). The molecule has 3 aromatic rings. The molecule has 0 aliphatic carbocycles. The maximum Gasteiger partial charge on any atom is 0.221 e. The molecule has 0 atom stereocenters. The van der Waals surface area contributed by atoms with Crippen molar-refractivity contribution < 1.29 is 9.21 Å². The van der Waals surface area contributed by atoms with Gasteiger partial charge in [0.2, 0.25) is 5.91 Å². The van der Waals surface area contributed by atoms with Crippen molar-refractivity contribution in [2.45, 2.75) is 20.8 Å². The Kier molecular flexibility index (Phi) is 3.94. The van der Waals surface area contributed by atoms with E-state index >= 15 is 0 Å². The van der Waals surface area contributed by atoms with Gasteiger partial charge in [-0.3, -0.25) is 4.79 Å². The number of benzene rings is 2. The van der Waals surface area contributed by atoms with Crippen molar-refractivity contribution in [3.63, 3.8) is 0 Å². The fourth-order valence-corrected chi connectivity index (χ4v) is 1.92. The zero-order valence-corrected chi connectivity index (χ0v) is 11.9. The molecule has 4 nitrogen and oxygen atoms in total. The quantitative estimate of drug-likeness (QED) is 0.662. The number of carbonyl (C=O) groups is 1. The molecule has 0 fully saturated rings. The van der Waals surface area contributed by atoms with Gasteiger partial charge in [0.1, 0.15) is 11.2 Å². The van der Waals surface area contributed by atoms with Crippen LogP contribution in [0.1, 0.15) is 18.1 Å². The van der Waals surface area contributed by atoms with Gasteiger partial charge in [-0.1, -0.05) is 0 Å². The summed E-state index contributed by atoms with van der Waals surface area (Å²) in [7, 11) is 0. The Bertz CT molecular complexity index is 671. The van der Waals surface area contributed by atoms with Crippen LogP contribution in [0, 0.1) is 13.8 Å². The number of furan rings is 2. The first-order chi connectivity index (χ1) is 9.45. The van der Waals surface area contributed by atoms with Crippen molar-refractivity contribution in [2.24, 2.45) is 0 Å². The Labute approximate surface area is 117 Å². The SMILES string of the molecule is CC(=O)Nc1cc(C)cc(N)c1C.c1cc2ccc1o2. The van der Waals surface area contributed by atoms with E-state index in [1.165, 1.54) is 6.92 Å². The minimum absolute atomic E-state index is 0.0758. The second kappa shape index (κ2) is 5.65. The smallest absolute Gasteiger partial charge is 0.221 e. The predicted octanol–water partition coefficient (Wildman–Crippen LogP) is 3.71. The number of anilines is 2. The topological polar surface area (TPSA) is 68.3 Å². The van der Waals surface area contributed by atoms with Crippen LogP contribution in [-0.2, 0) is 4.79 Å². The van der Waals surface area contributed by atoms with E-state index in [4.69, 9.17) is 10.2 Å². The fourth-order valence-electron chi connectivity index (χ4n) is 1.92. The molecule has 20 heavy (non-hydrogen) atoms. The molecule has 3 N–H and O–H groups in total. The molecule has 0 radical (unpaired) electrons. The van der Waals surface area contributed by atoms with Gasteiger partial charge in [-0.25, -0.2) is 0 Å². The summed E-state index contributed by atoms with van der Waals surface area (Å²) >= 11 is 0. The first-order valence-electron chi connectivity index (χ1n) is 6.38. The number of amides is 1. The first-order valence-corrected chi connectivity index (χ1v) is 6.38. The number of nitrogens with two attached hydrogens (primary N) is 1. The van der Waals surface area contributed by atoms with Crippen LogP contribution in [0.2, 0.25) is 0 Å². The molecule has 2 heterocycles. The number of nitrogen functional groups attached to an aromatic ring is 1. The van der Waals surface area contributed by atoms with E-state index in [1.807, 2.05) is 50.2 Å². The maximum absolute atomic E-state index is 10.8. The molecular formula is C16H18N2O2. The van der Waals surface area contributed by atoms with E-state index in [-0.39, 0.29) is 5.91 Å². The monoisotopic (exact) mass is 270 g/mol. The van der Waals surface area contributed by atoms with Gasteiger partial charge < -0.3 is 15.5 Å². The molecule has 0 saturated carbocycles. The molecule has 4 heteroatoms. The number of hydrogen-bond donors (Lipinski definition) is 2. The predicted molar refractivity (Wildman–Crippen MR) is 82.0 cm³/mol. The van der Waals surface area contributed by atoms with Gasteiger partial charge in [0.25, 0.3) is 0 Å². The zero-order valence-electron chi connectivity index (χ0n) is 11.9. The standard InChI is InChI=1S/C10H14N2O.C6H4O/c1-6-4-9(11)7(2)10(5-6)12-8(3)13;1-2-6-4-3-5(1)7-6/h4-5H,11H2,1-3H3,(H,12,13);1-4H. The van der Waals surface area contributed by atoms with Gasteiger partial charge >= 0.3 is 0 Å². The average Bonchev–Trinajstić information content (AvgIpc) is 3.00. The highest BCUT2D eigenvalue weighted by Gasteiger charge is 2.03. The Morgan fingerprint density at radius 2 is 1.65 bits per heavy atom. The Morgan fingerprint density at radius 3 is 2.05 bits per heavy atom. The highest BCUT2D eigenvalue weighted by Crippen LogP contribution is 2.22. The number of aryl methyl sites for hydroxylation is 1. The summed E-state index contributed by atoms with van der Waals surface area (Å²) in [4.78, 5) is 10.8. The lowest BCUT2D eigenvalue weighted by molar-refractivity contribution is -0.114. The number of fused-ring (bicyclic) bond motifs is 2. The van der Waals surface area contributed by atoms with Crippen molar-refractivity contribution >= 4 is 28.4 Å². The number of carbonyl (C=O) groups excluding carboxylic acids is 1. The van der Waals surface area contributed by atoms with Crippen LogP contribution >= 0.6 is 0 Å². The normalized spacial score (nSPS) is 10.2. The number of nitrogens with one attached hydrogen (secondary N) is 1. The zero-order chi connectivity index (χ0) is 14.7. The van der Waals surface area contributed by atoms with Crippen molar-refractivity contribution in [1.82, 2.24) is 0 Å². The molecule has 2 aromatic heterocycles. The van der Waals surface area contributed by atoms with Crippen molar-refractivity contribution in [2.75, 3.05) is 11.1 Å². The minimum atomic E-state index is -0.0758. The Morgan fingerprint density at radius 1 is 1.10 bits per heavy atom. The summed E-state index contributed by atoms with van der Waals surface area (Å²) in [5.41, 5.74) is 11.2. The lowest BCUT2D eigenvalue weighted by atomic mass is 10.1. The third-order valence-electron chi connectivity index (χ3n) is 2.96. The van der Waals surface area contributed by atoms with E-state index < -0.39 is 0 Å². The summed E-state index contributed by atoms with van der Waals surface area (Å²) < 4.78 is 5.08. The van der Waals surface area contributed by atoms with Gasteiger partial charge in [-0.05, 0) is 61.4 Å². The minimum Gasteiger partial charge on any atom is -0.457 e. The average molecular weight is 270 g/mol. The van der Waals surface area contributed by atoms with Gasteiger partial charge in [-0.2, -0.15) is 0 Å². The van der Waals surface area contributed by atoms with E-state index in [0.29, 0.717) is 5.69 Å². The highest BCUT2D eigenvalue weighted by atomic mass is 16.3. The van der Waals surface area contributed by atoms with Gasteiger partial charge in [0.05, 0.1) is 0 Å². The molecule has 104 valence electrons. The van der Waals surface area contributed by atoms with Crippen LogP contribution in [0.15, 0.2) is 40.8 Å². The van der Waals surface area contributed by atoms with E-state index in [1.54, 1.807) is 0 Å². The van der Waals surface area contributed by atoms with Crippen LogP contribution in [0.5, 0.6) is 0 Å². The lowest BCUT2D eigenvalue weighted by Gasteiger charge is -2.09. The van der Waals surface area contributed by atoms with Gasteiger partial charge in [0, 0.05) is 18.3 Å². The number of rotatable bonds is 1. The molecular weight excluding hydrogens is 252 g/mol. The third-order valence-corrected chi connectivity index (χ3v) is 2.96. The van der Waals surface area contributed by atoms with Crippen molar-refractivity contribution in [3.05, 3.63) is 47.5 Å². The molecule has 0 unspecified atom stereocenters. The summed E-state index contributed by atoms with van der Waals surface area (Å²) in [6, 6.07) is 11.6. The molecule has 0 aliphatic heterocycles. The van der Waals surface area contributed by atoms with E-state index in [0.717, 1.165) is 28.0 Å². The second-order valence-electron chi connectivity index (χ2n) is 4.78. The molecule has 1 aromatic carbocycles. The Balaban J connectivity index is 0.000000173. The van der Waals surface area contributed by atoms with Crippen LogP contribution in [0.3, 0.4) is 0 Å².